The van der Waals surface area contributed by atoms with E-state index < -0.39 is 0 Å². The van der Waals surface area contributed by atoms with Crippen molar-refractivity contribution in [2.75, 3.05) is 11.1 Å². The van der Waals surface area contributed by atoms with E-state index in [0.29, 0.717) is 27.2 Å². The highest BCUT2D eigenvalue weighted by Gasteiger charge is 2.10. The zero-order valence-electron chi connectivity index (χ0n) is 9.47. The van der Waals surface area contributed by atoms with Crippen molar-refractivity contribution >= 4 is 56.3 Å². The summed E-state index contributed by atoms with van der Waals surface area (Å²) in [6.45, 7) is 1.89. The first-order chi connectivity index (χ1) is 8.49. The summed E-state index contributed by atoms with van der Waals surface area (Å²) in [6, 6.07) is 7.25. The number of aryl methyl sites for hydroxylation is 1. The molecular formula is C12H10BrCl2N3. The monoisotopic (exact) mass is 345 g/mol. The number of pyridine rings is 1. The third-order valence-electron chi connectivity index (χ3n) is 2.35. The maximum Gasteiger partial charge on any atom is 0.153 e. The second-order valence-corrected chi connectivity index (χ2v) is 5.35. The maximum absolute atomic E-state index is 6.15. The molecule has 0 saturated heterocycles. The summed E-state index contributed by atoms with van der Waals surface area (Å²) < 4.78 is 0.741. The van der Waals surface area contributed by atoms with Gasteiger partial charge in [0.2, 0.25) is 0 Å². The topological polar surface area (TPSA) is 50.9 Å². The number of nitrogens with one attached hydrogen (secondary N) is 1. The number of nitrogens with zero attached hydrogens (tertiary/aromatic N) is 1. The van der Waals surface area contributed by atoms with E-state index >= 15 is 0 Å². The van der Waals surface area contributed by atoms with Crippen molar-refractivity contribution in [2.24, 2.45) is 0 Å². The minimum atomic E-state index is 0.425. The number of nitrogens with two attached hydrogens (primary N) is 1. The van der Waals surface area contributed by atoms with Crippen molar-refractivity contribution in [3.63, 3.8) is 0 Å². The molecule has 0 bridgehead atoms. The van der Waals surface area contributed by atoms with Crippen LogP contribution in [0.15, 0.2) is 28.7 Å². The number of aromatic nitrogens is 1. The first kappa shape index (κ1) is 13.5. The van der Waals surface area contributed by atoms with E-state index in [1.165, 1.54) is 0 Å². The summed E-state index contributed by atoms with van der Waals surface area (Å²) >= 11 is 15.5. The van der Waals surface area contributed by atoms with Crippen molar-refractivity contribution in [2.45, 2.75) is 6.92 Å². The van der Waals surface area contributed by atoms with Gasteiger partial charge >= 0.3 is 0 Å². The Morgan fingerprint density at radius 1 is 1.17 bits per heavy atom. The molecule has 1 heterocycles. The van der Waals surface area contributed by atoms with E-state index in [4.69, 9.17) is 28.9 Å². The highest BCUT2D eigenvalue weighted by atomic mass is 79.9. The molecule has 0 radical (unpaired) electrons. The Balaban J connectivity index is 2.40. The van der Waals surface area contributed by atoms with Crippen LogP contribution in [-0.4, -0.2) is 4.98 Å². The minimum absolute atomic E-state index is 0.425. The van der Waals surface area contributed by atoms with Crippen LogP contribution in [0.3, 0.4) is 0 Å². The molecule has 3 N–H and O–H groups in total. The summed E-state index contributed by atoms with van der Waals surface area (Å²) in [6.07, 6.45) is 0. The van der Waals surface area contributed by atoms with Crippen LogP contribution in [-0.2, 0) is 0 Å². The predicted octanol–water partition coefficient (Wildman–Crippen LogP) is 4.79. The van der Waals surface area contributed by atoms with Gasteiger partial charge in [-0.2, -0.15) is 0 Å². The van der Waals surface area contributed by atoms with Gasteiger partial charge in [0.05, 0.1) is 21.4 Å². The Morgan fingerprint density at radius 3 is 2.61 bits per heavy atom. The maximum atomic E-state index is 6.15. The highest BCUT2D eigenvalue weighted by molar-refractivity contribution is 9.10. The molecule has 2 rings (SSSR count). The quantitative estimate of drug-likeness (QED) is 0.769. The molecule has 2 aromatic rings. The Bertz CT molecular complexity index is 602. The van der Waals surface area contributed by atoms with Gasteiger partial charge in [-0.05, 0) is 47.1 Å². The van der Waals surface area contributed by atoms with Crippen molar-refractivity contribution in [3.05, 3.63) is 44.5 Å². The Morgan fingerprint density at radius 2 is 1.89 bits per heavy atom. The van der Waals surface area contributed by atoms with Crippen LogP contribution in [0.25, 0.3) is 0 Å². The lowest BCUT2D eigenvalue weighted by Gasteiger charge is -2.12. The summed E-state index contributed by atoms with van der Waals surface area (Å²) in [5.74, 6) is 0.565. The fourth-order valence-electron chi connectivity index (χ4n) is 1.42. The van der Waals surface area contributed by atoms with Crippen molar-refractivity contribution in [1.29, 1.82) is 0 Å². The smallest absolute Gasteiger partial charge is 0.153 e. The van der Waals surface area contributed by atoms with E-state index in [0.717, 1.165) is 10.2 Å². The highest BCUT2D eigenvalue weighted by Crippen LogP contribution is 2.37. The lowest BCUT2D eigenvalue weighted by atomic mass is 10.3. The summed E-state index contributed by atoms with van der Waals surface area (Å²) in [5, 5.41) is 3.95. The van der Waals surface area contributed by atoms with E-state index in [2.05, 4.69) is 26.2 Å². The van der Waals surface area contributed by atoms with Crippen LogP contribution in [0.1, 0.15) is 5.69 Å². The van der Waals surface area contributed by atoms with Crippen LogP contribution >= 0.6 is 39.1 Å². The average molecular weight is 347 g/mol. The summed E-state index contributed by atoms with van der Waals surface area (Å²) in [5.41, 5.74) is 7.92. The van der Waals surface area contributed by atoms with Crippen LogP contribution in [0.4, 0.5) is 17.2 Å². The lowest BCUT2D eigenvalue weighted by molar-refractivity contribution is 1.20. The Kier molecular flexibility index (Phi) is 4.00. The lowest BCUT2D eigenvalue weighted by Crippen LogP contribution is -2.00. The molecule has 0 unspecified atom stereocenters. The van der Waals surface area contributed by atoms with Gasteiger partial charge in [0.1, 0.15) is 0 Å². The van der Waals surface area contributed by atoms with Gasteiger partial charge in [-0.3, -0.25) is 0 Å². The number of halogens is 3. The van der Waals surface area contributed by atoms with Gasteiger partial charge in [0, 0.05) is 10.2 Å². The molecule has 6 heteroatoms. The molecule has 0 spiro atoms. The number of hydrogen-bond acceptors (Lipinski definition) is 3. The van der Waals surface area contributed by atoms with E-state index in [1.54, 1.807) is 6.07 Å². The molecule has 94 valence electrons. The number of benzene rings is 1. The van der Waals surface area contributed by atoms with Gasteiger partial charge in [-0.15, -0.1) is 0 Å². The number of anilines is 3. The Labute approximate surface area is 123 Å². The fourth-order valence-corrected chi connectivity index (χ4v) is 2.24. The van der Waals surface area contributed by atoms with Crippen LogP contribution in [0.5, 0.6) is 0 Å². The number of nitrogen functional groups attached to an aromatic ring is 1. The molecule has 1 aromatic heterocycles. The zero-order chi connectivity index (χ0) is 13.3. The Hall–Kier alpha value is -0.970. The van der Waals surface area contributed by atoms with Crippen LogP contribution in [0, 0.1) is 6.92 Å². The SMILES string of the molecule is Cc1ccc(N)c(Nc2ccc(Br)c(Cl)c2Cl)n1. The molecule has 0 fully saturated rings. The van der Waals surface area contributed by atoms with Gasteiger partial charge < -0.3 is 11.1 Å². The predicted molar refractivity (Wildman–Crippen MR) is 80.8 cm³/mol. The molecule has 0 aliphatic heterocycles. The van der Waals surface area contributed by atoms with Gasteiger partial charge in [-0.25, -0.2) is 4.98 Å². The van der Waals surface area contributed by atoms with Gasteiger partial charge in [0.25, 0.3) is 0 Å². The standard InChI is InChI=1S/C12H10BrCl2N3/c1-6-2-4-8(16)12(17-6)18-9-5-3-7(13)10(14)11(9)15/h2-5H,16H2,1H3,(H,17,18). The molecule has 0 amide bonds. The first-order valence-corrected chi connectivity index (χ1v) is 6.67. The minimum Gasteiger partial charge on any atom is -0.396 e. The van der Waals surface area contributed by atoms with Gasteiger partial charge in [-0.1, -0.05) is 23.2 Å². The molecule has 0 aliphatic rings. The van der Waals surface area contributed by atoms with E-state index in [1.807, 2.05) is 25.1 Å². The van der Waals surface area contributed by atoms with Crippen LogP contribution < -0.4 is 11.1 Å². The third-order valence-corrected chi connectivity index (χ3v) is 4.12. The fraction of sp³-hybridized carbons (Fsp3) is 0.0833. The molecule has 1 aromatic carbocycles. The normalized spacial score (nSPS) is 10.4. The largest absolute Gasteiger partial charge is 0.396 e. The van der Waals surface area contributed by atoms with Crippen molar-refractivity contribution in [1.82, 2.24) is 4.98 Å². The molecule has 18 heavy (non-hydrogen) atoms. The summed E-state index contributed by atoms with van der Waals surface area (Å²) in [7, 11) is 0. The second-order valence-electron chi connectivity index (χ2n) is 3.74. The molecule has 0 saturated carbocycles. The van der Waals surface area contributed by atoms with Crippen molar-refractivity contribution < 1.29 is 0 Å². The number of hydrogen-bond donors (Lipinski definition) is 2. The van der Waals surface area contributed by atoms with Crippen LogP contribution in [0.2, 0.25) is 10.0 Å². The van der Waals surface area contributed by atoms with E-state index in [9.17, 15) is 0 Å². The second kappa shape index (κ2) is 5.34. The third kappa shape index (κ3) is 2.71. The molecule has 0 aliphatic carbocycles. The molecule has 0 atom stereocenters. The van der Waals surface area contributed by atoms with Crippen molar-refractivity contribution in [3.8, 4) is 0 Å². The van der Waals surface area contributed by atoms with E-state index in [-0.39, 0.29) is 0 Å². The zero-order valence-corrected chi connectivity index (χ0v) is 12.6. The molecular weight excluding hydrogens is 337 g/mol. The summed E-state index contributed by atoms with van der Waals surface area (Å²) in [4.78, 5) is 4.31. The average Bonchev–Trinajstić information content (AvgIpc) is 2.34. The molecule has 3 nitrogen and oxygen atoms in total. The first-order valence-electron chi connectivity index (χ1n) is 5.12. The van der Waals surface area contributed by atoms with Gasteiger partial charge in [0.15, 0.2) is 5.82 Å². The number of rotatable bonds is 2.